The first-order chi connectivity index (χ1) is 11.3. The van der Waals surface area contributed by atoms with E-state index in [1.165, 1.54) is 15.3 Å². The second-order valence-electron chi connectivity index (χ2n) is 5.84. The number of thiophene rings is 2. The highest BCUT2D eigenvalue weighted by Gasteiger charge is 2.17. The summed E-state index contributed by atoms with van der Waals surface area (Å²) in [6.07, 6.45) is 0. The van der Waals surface area contributed by atoms with Gasteiger partial charge in [0.05, 0.1) is 10.6 Å². The van der Waals surface area contributed by atoms with Crippen molar-refractivity contribution in [1.29, 1.82) is 0 Å². The summed E-state index contributed by atoms with van der Waals surface area (Å²) in [6.45, 7) is 4.28. The van der Waals surface area contributed by atoms with Crippen LogP contribution < -0.4 is 4.90 Å². The highest BCUT2D eigenvalue weighted by atomic mass is 32.1. The molecule has 0 amide bonds. The highest BCUT2D eigenvalue weighted by molar-refractivity contribution is 7.14. The van der Waals surface area contributed by atoms with Crippen LogP contribution in [-0.4, -0.2) is 43.1 Å². The summed E-state index contributed by atoms with van der Waals surface area (Å²) in [5, 5.41) is 4.25. The van der Waals surface area contributed by atoms with Gasteiger partial charge in [0.25, 0.3) is 0 Å². The number of pyridine rings is 1. The summed E-state index contributed by atoms with van der Waals surface area (Å²) >= 11 is 3.54. The number of piperazine rings is 1. The molecule has 0 radical (unpaired) electrons. The number of likely N-dealkylation sites (N-methyl/N-ethyl adjacent to an activating group) is 1. The molecular weight excluding hydrogens is 322 g/mol. The third-order valence-electron chi connectivity index (χ3n) is 4.22. The quantitative estimate of drug-likeness (QED) is 0.708. The van der Waals surface area contributed by atoms with Crippen molar-refractivity contribution in [3.8, 4) is 21.0 Å². The molecule has 1 saturated heterocycles. The van der Waals surface area contributed by atoms with E-state index in [2.05, 4.69) is 64.0 Å². The van der Waals surface area contributed by atoms with Crippen LogP contribution in [0.15, 0.2) is 47.2 Å². The van der Waals surface area contributed by atoms with E-state index in [4.69, 9.17) is 4.98 Å². The molecule has 118 valence electrons. The van der Waals surface area contributed by atoms with Crippen molar-refractivity contribution in [3.05, 3.63) is 47.2 Å². The Labute approximate surface area is 144 Å². The Kier molecular flexibility index (Phi) is 4.16. The fourth-order valence-corrected chi connectivity index (χ4v) is 4.25. The van der Waals surface area contributed by atoms with Gasteiger partial charge in [0.15, 0.2) is 0 Å². The van der Waals surface area contributed by atoms with Crippen molar-refractivity contribution in [3.63, 3.8) is 0 Å². The molecule has 4 heterocycles. The SMILES string of the molecule is CN1CCN(c2cc(-c3cccs3)cc(-c3cccs3)n2)CC1. The zero-order valence-electron chi connectivity index (χ0n) is 13.1. The zero-order chi connectivity index (χ0) is 15.6. The van der Waals surface area contributed by atoms with E-state index in [1.54, 1.807) is 22.7 Å². The van der Waals surface area contributed by atoms with Gasteiger partial charge in [-0.15, -0.1) is 22.7 Å². The molecule has 1 aliphatic rings. The number of anilines is 1. The molecule has 3 aromatic heterocycles. The Morgan fingerprint density at radius 3 is 2.26 bits per heavy atom. The molecule has 0 aromatic carbocycles. The maximum Gasteiger partial charge on any atom is 0.129 e. The van der Waals surface area contributed by atoms with E-state index >= 15 is 0 Å². The first kappa shape index (κ1) is 14.9. The lowest BCUT2D eigenvalue weighted by molar-refractivity contribution is 0.312. The van der Waals surface area contributed by atoms with Crippen LogP contribution in [0.3, 0.4) is 0 Å². The minimum atomic E-state index is 1.04. The van der Waals surface area contributed by atoms with Gasteiger partial charge in [0.2, 0.25) is 0 Å². The minimum Gasteiger partial charge on any atom is -0.354 e. The van der Waals surface area contributed by atoms with Crippen molar-refractivity contribution >= 4 is 28.5 Å². The molecular formula is C18H19N3S2. The van der Waals surface area contributed by atoms with Gasteiger partial charge < -0.3 is 9.80 Å². The third kappa shape index (κ3) is 3.17. The first-order valence-electron chi connectivity index (χ1n) is 7.83. The van der Waals surface area contributed by atoms with Crippen molar-refractivity contribution in [2.24, 2.45) is 0 Å². The second kappa shape index (κ2) is 6.43. The van der Waals surface area contributed by atoms with Crippen molar-refractivity contribution in [2.75, 3.05) is 38.1 Å². The van der Waals surface area contributed by atoms with Crippen LogP contribution in [0, 0.1) is 0 Å². The molecule has 0 saturated carbocycles. The molecule has 5 heteroatoms. The summed E-state index contributed by atoms with van der Waals surface area (Å²) < 4.78 is 0. The average molecular weight is 342 g/mol. The lowest BCUT2D eigenvalue weighted by Gasteiger charge is -2.33. The molecule has 0 unspecified atom stereocenters. The lowest BCUT2D eigenvalue weighted by atomic mass is 10.1. The molecule has 0 aliphatic carbocycles. The Balaban J connectivity index is 1.76. The molecule has 0 N–H and O–H groups in total. The van der Waals surface area contributed by atoms with E-state index in [0.717, 1.165) is 37.7 Å². The number of aromatic nitrogens is 1. The zero-order valence-corrected chi connectivity index (χ0v) is 14.7. The van der Waals surface area contributed by atoms with E-state index in [9.17, 15) is 0 Å². The van der Waals surface area contributed by atoms with Crippen LogP contribution in [0.5, 0.6) is 0 Å². The summed E-state index contributed by atoms with van der Waals surface area (Å²) in [7, 11) is 2.18. The predicted octanol–water partition coefficient (Wildman–Crippen LogP) is 4.29. The monoisotopic (exact) mass is 341 g/mol. The normalized spacial score (nSPS) is 16.0. The average Bonchev–Trinajstić information content (AvgIpc) is 3.29. The summed E-state index contributed by atoms with van der Waals surface area (Å²) in [5.74, 6) is 1.10. The second-order valence-corrected chi connectivity index (χ2v) is 7.74. The molecule has 4 rings (SSSR count). The van der Waals surface area contributed by atoms with Gasteiger partial charge >= 0.3 is 0 Å². The molecule has 1 fully saturated rings. The third-order valence-corrected chi connectivity index (χ3v) is 6.03. The van der Waals surface area contributed by atoms with Gasteiger partial charge in [-0.3, -0.25) is 0 Å². The summed E-state index contributed by atoms with van der Waals surface area (Å²) in [5.41, 5.74) is 2.35. The first-order valence-corrected chi connectivity index (χ1v) is 9.59. The van der Waals surface area contributed by atoms with Crippen LogP contribution >= 0.6 is 22.7 Å². The number of rotatable bonds is 3. The van der Waals surface area contributed by atoms with Gasteiger partial charge in [-0.1, -0.05) is 12.1 Å². The Morgan fingerprint density at radius 1 is 0.913 bits per heavy atom. The Bertz CT molecular complexity index is 705. The van der Waals surface area contributed by atoms with Crippen LogP contribution in [0.1, 0.15) is 0 Å². The van der Waals surface area contributed by atoms with Crippen LogP contribution in [0.4, 0.5) is 5.82 Å². The van der Waals surface area contributed by atoms with Gasteiger partial charge in [0.1, 0.15) is 5.82 Å². The number of hydrogen-bond acceptors (Lipinski definition) is 5. The maximum atomic E-state index is 4.96. The van der Waals surface area contributed by atoms with Crippen molar-refractivity contribution in [1.82, 2.24) is 9.88 Å². The van der Waals surface area contributed by atoms with Gasteiger partial charge in [-0.25, -0.2) is 4.98 Å². The van der Waals surface area contributed by atoms with E-state index in [-0.39, 0.29) is 0 Å². The molecule has 1 aliphatic heterocycles. The maximum absolute atomic E-state index is 4.96. The van der Waals surface area contributed by atoms with E-state index in [1.807, 2.05) is 0 Å². The molecule has 0 spiro atoms. The number of hydrogen-bond donors (Lipinski definition) is 0. The van der Waals surface area contributed by atoms with Gasteiger partial charge in [-0.05, 0) is 47.6 Å². The fourth-order valence-electron chi connectivity index (χ4n) is 2.85. The van der Waals surface area contributed by atoms with Gasteiger partial charge in [0, 0.05) is 31.1 Å². The smallest absolute Gasteiger partial charge is 0.129 e. The largest absolute Gasteiger partial charge is 0.354 e. The topological polar surface area (TPSA) is 19.4 Å². The van der Waals surface area contributed by atoms with E-state index < -0.39 is 0 Å². The van der Waals surface area contributed by atoms with E-state index in [0.29, 0.717) is 0 Å². The molecule has 23 heavy (non-hydrogen) atoms. The standard InChI is InChI=1S/C18H19N3S2/c1-20-6-8-21(9-7-20)18-13-14(16-4-2-10-22-16)12-15(19-18)17-5-3-11-23-17/h2-5,10-13H,6-9H2,1H3. The Hall–Kier alpha value is -1.69. The lowest BCUT2D eigenvalue weighted by Crippen LogP contribution is -2.44. The van der Waals surface area contributed by atoms with Crippen LogP contribution in [0.2, 0.25) is 0 Å². The van der Waals surface area contributed by atoms with Crippen LogP contribution in [0.25, 0.3) is 21.0 Å². The molecule has 0 atom stereocenters. The Morgan fingerprint density at radius 2 is 1.61 bits per heavy atom. The van der Waals surface area contributed by atoms with Crippen molar-refractivity contribution < 1.29 is 0 Å². The summed E-state index contributed by atoms with van der Waals surface area (Å²) in [4.78, 5) is 12.3. The summed E-state index contributed by atoms with van der Waals surface area (Å²) in [6, 6.07) is 13.0. The highest BCUT2D eigenvalue weighted by Crippen LogP contribution is 2.33. The minimum absolute atomic E-state index is 1.04. The molecule has 3 aromatic rings. The van der Waals surface area contributed by atoms with Gasteiger partial charge in [-0.2, -0.15) is 0 Å². The fraction of sp³-hybridized carbons (Fsp3) is 0.278. The predicted molar refractivity (Wildman–Crippen MR) is 101 cm³/mol. The molecule has 3 nitrogen and oxygen atoms in total. The van der Waals surface area contributed by atoms with Crippen molar-refractivity contribution in [2.45, 2.75) is 0 Å². The molecule has 0 bridgehead atoms. The van der Waals surface area contributed by atoms with Crippen LogP contribution in [-0.2, 0) is 0 Å². The number of nitrogens with zero attached hydrogens (tertiary/aromatic N) is 3.